The van der Waals surface area contributed by atoms with Crippen LogP contribution in [0.15, 0.2) is 49.1 Å². The van der Waals surface area contributed by atoms with Gasteiger partial charge in [0.2, 0.25) is 11.9 Å². The number of nitrogens with one attached hydrogen (secondary N) is 1. The molecule has 3 heterocycles. The maximum absolute atomic E-state index is 12.7. The minimum absolute atomic E-state index is 0.0769. The Labute approximate surface area is 177 Å². The summed E-state index contributed by atoms with van der Waals surface area (Å²) in [7, 11) is 0. The highest BCUT2D eigenvalue weighted by Crippen LogP contribution is 2.26. The highest BCUT2D eigenvalue weighted by atomic mass is 16.1. The van der Waals surface area contributed by atoms with Crippen LogP contribution in [0.5, 0.6) is 0 Å². The predicted molar refractivity (Wildman–Crippen MR) is 117 cm³/mol. The second-order valence-corrected chi connectivity index (χ2v) is 7.95. The van der Waals surface area contributed by atoms with Crippen LogP contribution in [0.3, 0.4) is 0 Å². The van der Waals surface area contributed by atoms with Crippen molar-refractivity contribution in [3.63, 3.8) is 0 Å². The molecule has 0 bridgehead atoms. The zero-order valence-electron chi connectivity index (χ0n) is 17.6. The van der Waals surface area contributed by atoms with Crippen LogP contribution in [0.1, 0.15) is 42.5 Å². The van der Waals surface area contributed by atoms with E-state index in [0.29, 0.717) is 18.9 Å². The molecule has 2 aromatic heterocycles. The van der Waals surface area contributed by atoms with Crippen molar-refractivity contribution in [2.75, 3.05) is 11.4 Å². The molecule has 0 spiro atoms. The van der Waals surface area contributed by atoms with Crippen LogP contribution >= 0.6 is 0 Å². The Kier molecular flexibility index (Phi) is 6.07. The number of rotatable bonds is 6. The van der Waals surface area contributed by atoms with Gasteiger partial charge in [0.15, 0.2) is 0 Å². The van der Waals surface area contributed by atoms with Gasteiger partial charge < -0.3 is 10.2 Å². The number of imidazole rings is 1. The third-order valence-electron chi connectivity index (χ3n) is 5.52. The minimum atomic E-state index is 0.0769. The highest BCUT2D eigenvalue weighted by Gasteiger charge is 2.26. The molecule has 1 atom stereocenters. The first-order valence-corrected chi connectivity index (χ1v) is 10.5. The van der Waals surface area contributed by atoms with Crippen molar-refractivity contribution in [1.82, 2.24) is 24.8 Å². The molecule has 7 nitrogen and oxygen atoms in total. The van der Waals surface area contributed by atoms with Crippen molar-refractivity contribution in [3.8, 4) is 5.95 Å². The van der Waals surface area contributed by atoms with Gasteiger partial charge in [0.1, 0.15) is 12.1 Å². The SMILES string of the molecule is Cc1ccc(CNC(=O)CC2CCCCN2c2cc(C)nc(-n3ccnc3)n2)cc1. The number of hydrogen-bond acceptors (Lipinski definition) is 5. The van der Waals surface area contributed by atoms with Crippen LogP contribution in [-0.2, 0) is 11.3 Å². The first-order chi connectivity index (χ1) is 14.6. The molecule has 1 fully saturated rings. The van der Waals surface area contributed by atoms with Gasteiger partial charge in [-0.2, -0.15) is 4.98 Å². The van der Waals surface area contributed by atoms with Gasteiger partial charge in [-0.25, -0.2) is 9.97 Å². The maximum atomic E-state index is 12.7. The summed E-state index contributed by atoms with van der Waals surface area (Å²) in [5.74, 6) is 1.56. The summed E-state index contributed by atoms with van der Waals surface area (Å²) in [6.45, 7) is 5.49. The lowest BCUT2D eigenvalue weighted by Crippen LogP contribution is -2.43. The predicted octanol–water partition coefficient (Wildman–Crippen LogP) is 3.34. The van der Waals surface area contributed by atoms with E-state index in [1.807, 2.05) is 23.8 Å². The molecule has 1 aliphatic rings. The second-order valence-electron chi connectivity index (χ2n) is 7.95. The molecule has 0 radical (unpaired) electrons. The van der Waals surface area contributed by atoms with Crippen molar-refractivity contribution in [2.24, 2.45) is 0 Å². The summed E-state index contributed by atoms with van der Waals surface area (Å²) in [5.41, 5.74) is 3.24. The van der Waals surface area contributed by atoms with Gasteiger partial charge in [0, 0.05) is 49.7 Å². The number of piperidine rings is 1. The number of carbonyl (C=O) groups is 1. The van der Waals surface area contributed by atoms with E-state index in [1.165, 1.54) is 5.56 Å². The Morgan fingerprint density at radius 3 is 2.77 bits per heavy atom. The molecular weight excluding hydrogens is 376 g/mol. The molecule has 1 aliphatic heterocycles. The van der Waals surface area contributed by atoms with Gasteiger partial charge in [-0.05, 0) is 38.7 Å². The number of carbonyl (C=O) groups excluding carboxylic acids is 1. The lowest BCUT2D eigenvalue weighted by molar-refractivity contribution is -0.121. The molecule has 1 saturated heterocycles. The van der Waals surface area contributed by atoms with Crippen molar-refractivity contribution >= 4 is 11.7 Å². The molecule has 3 aromatic rings. The molecular formula is C23H28N6O. The maximum Gasteiger partial charge on any atom is 0.237 e. The molecule has 156 valence electrons. The molecule has 1 aromatic carbocycles. The zero-order valence-corrected chi connectivity index (χ0v) is 17.6. The summed E-state index contributed by atoms with van der Waals surface area (Å²) in [6, 6.07) is 10.4. The van der Waals surface area contributed by atoms with E-state index in [-0.39, 0.29) is 11.9 Å². The van der Waals surface area contributed by atoms with Crippen LogP contribution in [0.25, 0.3) is 5.95 Å². The van der Waals surface area contributed by atoms with Crippen molar-refractivity contribution in [1.29, 1.82) is 0 Å². The van der Waals surface area contributed by atoms with E-state index in [9.17, 15) is 4.79 Å². The fraction of sp³-hybridized carbons (Fsp3) is 0.391. The van der Waals surface area contributed by atoms with E-state index in [1.54, 1.807) is 12.5 Å². The molecule has 7 heteroatoms. The number of amides is 1. The van der Waals surface area contributed by atoms with Crippen LogP contribution in [0.2, 0.25) is 0 Å². The first kappa shape index (κ1) is 20.1. The normalized spacial score (nSPS) is 16.5. The van der Waals surface area contributed by atoms with Gasteiger partial charge in [-0.15, -0.1) is 0 Å². The van der Waals surface area contributed by atoms with E-state index in [4.69, 9.17) is 4.98 Å². The van der Waals surface area contributed by atoms with Crippen molar-refractivity contribution in [3.05, 3.63) is 65.9 Å². The summed E-state index contributed by atoms with van der Waals surface area (Å²) in [5, 5.41) is 3.07. The van der Waals surface area contributed by atoms with Crippen LogP contribution < -0.4 is 10.2 Å². The Hall–Kier alpha value is -3.22. The first-order valence-electron chi connectivity index (χ1n) is 10.5. The Bertz CT molecular complexity index is 983. The number of anilines is 1. The number of benzene rings is 1. The van der Waals surface area contributed by atoms with E-state index in [2.05, 4.69) is 51.4 Å². The van der Waals surface area contributed by atoms with Crippen molar-refractivity contribution < 1.29 is 4.79 Å². The third kappa shape index (κ3) is 4.84. The van der Waals surface area contributed by atoms with E-state index >= 15 is 0 Å². The smallest absolute Gasteiger partial charge is 0.237 e. The van der Waals surface area contributed by atoms with Crippen molar-refractivity contribution in [2.45, 2.75) is 52.1 Å². The minimum Gasteiger partial charge on any atom is -0.353 e. The molecule has 4 rings (SSSR count). The van der Waals surface area contributed by atoms with Gasteiger partial charge in [-0.1, -0.05) is 29.8 Å². The average Bonchev–Trinajstić information content (AvgIpc) is 3.28. The van der Waals surface area contributed by atoms with E-state index in [0.717, 1.165) is 42.9 Å². The topological polar surface area (TPSA) is 75.9 Å². The van der Waals surface area contributed by atoms with E-state index < -0.39 is 0 Å². The number of hydrogen-bond donors (Lipinski definition) is 1. The summed E-state index contributed by atoms with van der Waals surface area (Å²) in [4.78, 5) is 28.3. The Morgan fingerprint density at radius 1 is 1.17 bits per heavy atom. The number of nitrogens with zero attached hydrogens (tertiary/aromatic N) is 5. The van der Waals surface area contributed by atoms with Gasteiger partial charge in [0.25, 0.3) is 0 Å². The molecule has 1 amide bonds. The highest BCUT2D eigenvalue weighted by molar-refractivity contribution is 5.77. The lowest BCUT2D eigenvalue weighted by atomic mass is 9.99. The summed E-state index contributed by atoms with van der Waals surface area (Å²) < 4.78 is 1.81. The van der Waals surface area contributed by atoms with Gasteiger partial charge >= 0.3 is 0 Å². The summed E-state index contributed by atoms with van der Waals surface area (Å²) in [6.07, 6.45) is 8.94. The van der Waals surface area contributed by atoms with Gasteiger partial charge in [-0.3, -0.25) is 9.36 Å². The second kappa shape index (κ2) is 9.07. The fourth-order valence-corrected chi connectivity index (χ4v) is 3.88. The molecule has 0 aliphatic carbocycles. The molecule has 1 unspecified atom stereocenters. The molecule has 1 N–H and O–H groups in total. The number of aromatic nitrogens is 4. The van der Waals surface area contributed by atoms with Crippen LogP contribution in [-0.4, -0.2) is 38.0 Å². The average molecular weight is 405 g/mol. The standard InChI is InChI=1S/C23H28N6O/c1-17-6-8-19(9-7-17)15-25-22(30)14-20-5-3-4-11-29(20)21-13-18(2)26-23(27-21)28-12-10-24-16-28/h6-10,12-13,16,20H,3-5,11,14-15H2,1-2H3,(H,25,30). The largest absolute Gasteiger partial charge is 0.353 e. The monoisotopic (exact) mass is 404 g/mol. The van der Waals surface area contributed by atoms with Gasteiger partial charge in [0.05, 0.1) is 0 Å². The Balaban J connectivity index is 1.45. The zero-order chi connectivity index (χ0) is 20.9. The van der Waals surface area contributed by atoms with Crippen LogP contribution in [0.4, 0.5) is 5.82 Å². The Morgan fingerprint density at radius 2 is 2.00 bits per heavy atom. The summed E-state index contributed by atoms with van der Waals surface area (Å²) >= 11 is 0. The number of aryl methyl sites for hydroxylation is 2. The third-order valence-corrected chi connectivity index (χ3v) is 5.52. The lowest BCUT2D eigenvalue weighted by Gasteiger charge is -2.36. The molecule has 30 heavy (non-hydrogen) atoms. The quantitative estimate of drug-likeness (QED) is 0.682. The molecule has 0 saturated carbocycles. The fourth-order valence-electron chi connectivity index (χ4n) is 3.88. The van der Waals surface area contributed by atoms with Crippen LogP contribution in [0, 0.1) is 13.8 Å².